The number of halogens is 3. The molecule has 1 aliphatic rings. The minimum Gasteiger partial charge on any atom is -0.333 e. The predicted octanol–water partition coefficient (Wildman–Crippen LogP) is 3.73. The molecular weight excluding hydrogens is 421 g/mol. The molecule has 0 radical (unpaired) electrons. The molecule has 0 unspecified atom stereocenters. The van der Waals surface area contributed by atoms with E-state index in [9.17, 15) is 22.8 Å². The van der Waals surface area contributed by atoms with Crippen LogP contribution in [0.15, 0.2) is 54.7 Å². The summed E-state index contributed by atoms with van der Waals surface area (Å²) >= 11 is 0. The average molecular weight is 444 g/mol. The lowest BCUT2D eigenvalue weighted by molar-refractivity contribution is -0.137. The number of hydrogen-bond donors (Lipinski definition) is 1. The number of aromatic nitrogens is 2. The first-order chi connectivity index (χ1) is 15.4. The van der Waals surface area contributed by atoms with E-state index in [1.807, 2.05) is 12.1 Å². The molecule has 6 nitrogen and oxygen atoms in total. The Bertz CT molecular complexity index is 1090. The van der Waals surface area contributed by atoms with Crippen LogP contribution in [0.4, 0.5) is 18.9 Å². The maximum absolute atomic E-state index is 13.1. The normalized spacial score (nSPS) is 13.3. The number of alkyl halides is 3. The molecule has 0 saturated heterocycles. The van der Waals surface area contributed by atoms with Crippen LogP contribution in [0, 0.1) is 0 Å². The Morgan fingerprint density at radius 3 is 2.44 bits per heavy atom. The van der Waals surface area contributed by atoms with Gasteiger partial charge in [0, 0.05) is 23.4 Å². The van der Waals surface area contributed by atoms with Crippen LogP contribution in [0.5, 0.6) is 0 Å². The number of aryl methyl sites for hydroxylation is 2. The van der Waals surface area contributed by atoms with E-state index in [4.69, 9.17) is 0 Å². The Morgan fingerprint density at radius 2 is 1.78 bits per heavy atom. The van der Waals surface area contributed by atoms with Gasteiger partial charge in [-0.25, -0.2) is 0 Å². The summed E-state index contributed by atoms with van der Waals surface area (Å²) < 4.78 is 40.1. The van der Waals surface area contributed by atoms with Crippen molar-refractivity contribution >= 4 is 17.9 Å². The molecule has 2 heterocycles. The maximum Gasteiger partial charge on any atom is 0.416 e. The van der Waals surface area contributed by atoms with Crippen LogP contribution >= 0.6 is 0 Å². The van der Waals surface area contributed by atoms with Gasteiger partial charge in [0.15, 0.2) is 0 Å². The molecule has 2 aromatic carbocycles. The summed E-state index contributed by atoms with van der Waals surface area (Å²) in [7, 11) is 1.50. The predicted molar refractivity (Wildman–Crippen MR) is 115 cm³/mol. The van der Waals surface area contributed by atoms with E-state index in [1.54, 1.807) is 23.0 Å². The minimum atomic E-state index is -4.42. The fourth-order valence-corrected chi connectivity index (χ4v) is 3.63. The van der Waals surface area contributed by atoms with Crippen molar-refractivity contribution in [1.29, 1.82) is 0 Å². The van der Waals surface area contributed by atoms with Crippen molar-refractivity contribution in [2.45, 2.75) is 25.6 Å². The van der Waals surface area contributed by atoms with Crippen molar-refractivity contribution in [2.75, 3.05) is 18.5 Å². The van der Waals surface area contributed by atoms with Gasteiger partial charge in [-0.2, -0.15) is 18.3 Å². The molecule has 0 atom stereocenters. The third kappa shape index (κ3) is 4.88. The van der Waals surface area contributed by atoms with E-state index in [0.717, 1.165) is 29.5 Å². The average Bonchev–Trinajstić information content (AvgIpc) is 3.23. The molecule has 3 aromatic rings. The van der Waals surface area contributed by atoms with E-state index in [1.165, 1.54) is 24.1 Å². The van der Waals surface area contributed by atoms with Crippen LogP contribution in [0.2, 0.25) is 0 Å². The molecule has 32 heavy (non-hydrogen) atoms. The Hall–Kier alpha value is -3.46. The summed E-state index contributed by atoms with van der Waals surface area (Å²) in [5, 5.41) is 4.29. The highest BCUT2D eigenvalue weighted by Gasteiger charge is 2.32. The van der Waals surface area contributed by atoms with Gasteiger partial charge < -0.3 is 10.6 Å². The zero-order valence-corrected chi connectivity index (χ0v) is 17.5. The zero-order chi connectivity index (χ0) is 23.3. The van der Waals surface area contributed by atoms with Crippen LogP contribution in [0.3, 0.4) is 0 Å². The van der Waals surface area contributed by atoms with Crippen molar-refractivity contribution in [3.8, 4) is 0 Å². The summed E-state index contributed by atoms with van der Waals surface area (Å²) in [6, 6.07) is 11.9. The maximum atomic E-state index is 13.1. The van der Waals surface area contributed by atoms with Gasteiger partial charge in [0.1, 0.15) is 12.0 Å². The quantitative estimate of drug-likeness (QED) is 0.608. The highest BCUT2D eigenvalue weighted by Crippen LogP contribution is 2.31. The molecule has 0 saturated carbocycles. The molecule has 168 valence electrons. The van der Waals surface area contributed by atoms with Gasteiger partial charge >= 0.3 is 6.18 Å². The van der Waals surface area contributed by atoms with Gasteiger partial charge in [-0.1, -0.05) is 18.2 Å². The molecule has 4 rings (SSSR count). The first kappa shape index (κ1) is 23.2. The van der Waals surface area contributed by atoms with Crippen LogP contribution in [-0.2, 0) is 25.6 Å². The Morgan fingerprint density at radius 1 is 1.06 bits per heavy atom. The van der Waals surface area contributed by atoms with E-state index in [0.29, 0.717) is 42.9 Å². The highest BCUT2D eigenvalue weighted by molar-refractivity contribution is 6.06. The van der Waals surface area contributed by atoms with Gasteiger partial charge in [0.25, 0.3) is 5.91 Å². The molecule has 0 fully saturated rings. The van der Waals surface area contributed by atoms with Gasteiger partial charge in [-0.15, -0.1) is 0 Å². The lowest BCUT2D eigenvalue weighted by Crippen LogP contribution is -2.41. The fourth-order valence-electron chi connectivity index (χ4n) is 3.63. The lowest BCUT2D eigenvalue weighted by Gasteiger charge is -2.28. The van der Waals surface area contributed by atoms with Gasteiger partial charge in [-0.3, -0.25) is 14.3 Å². The number of benzene rings is 2. The van der Waals surface area contributed by atoms with Crippen molar-refractivity contribution < 1.29 is 22.8 Å². The third-order valence-electron chi connectivity index (χ3n) is 5.17. The van der Waals surface area contributed by atoms with Crippen molar-refractivity contribution in [3.63, 3.8) is 0 Å². The topological polar surface area (TPSA) is 81.2 Å². The lowest BCUT2D eigenvalue weighted by atomic mass is 10.0. The van der Waals surface area contributed by atoms with Crippen LogP contribution < -0.4 is 10.6 Å². The van der Waals surface area contributed by atoms with E-state index >= 15 is 0 Å². The number of aldehydes is 1. The number of carbonyl (C=O) groups excluding carboxylic acids is 2. The van der Waals surface area contributed by atoms with Crippen molar-refractivity contribution in [1.82, 2.24) is 9.78 Å². The van der Waals surface area contributed by atoms with Crippen LogP contribution in [0.25, 0.3) is 0 Å². The fraction of sp³-hybridized carbons (Fsp3) is 0.261. The van der Waals surface area contributed by atoms with E-state index in [2.05, 4.69) is 10.8 Å². The number of nitrogens with two attached hydrogens (primary N) is 1. The van der Waals surface area contributed by atoms with Crippen molar-refractivity contribution in [2.24, 2.45) is 5.73 Å². The third-order valence-corrected chi connectivity index (χ3v) is 5.17. The van der Waals surface area contributed by atoms with Crippen LogP contribution in [-0.4, -0.2) is 35.6 Å². The number of rotatable bonds is 5. The Labute approximate surface area is 183 Å². The summed E-state index contributed by atoms with van der Waals surface area (Å²) in [5.74, 6) is -0.282. The number of amides is 1. The molecule has 0 spiro atoms. The molecular formula is C23H23F3N4O2. The van der Waals surface area contributed by atoms with Crippen molar-refractivity contribution in [3.05, 3.63) is 82.7 Å². The first-order valence-electron chi connectivity index (χ1n) is 10.0. The monoisotopic (exact) mass is 444 g/mol. The molecule has 1 aromatic heterocycles. The van der Waals surface area contributed by atoms with Gasteiger partial charge in [0.2, 0.25) is 0 Å². The van der Waals surface area contributed by atoms with E-state index < -0.39 is 11.7 Å². The number of fused-ring (bicyclic) bond motifs is 1. The molecule has 9 heteroatoms. The second kappa shape index (κ2) is 9.78. The SMILES string of the molecule is CN.O=Cc1cccc(CCc2cnn3c2C(=O)N(c2ccc(C(F)(F)F)cc2)CC3)c1. The summed E-state index contributed by atoms with van der Waals surface area (Å²) in [5.41, 5.74) is 6.96. The van der Waals surface area contributed by atoms with E-state index in [-0.39, 0.29) is 5.91 Å². The highest BCUT2D eigenvalue weighted by atomic mass is 19.4. The zero-order valence-electron chi connectivity index (χ0n) is 17.5. The van der Waals surface area contributed by atoms with Crippen LogP contribution in [0.1, 0.15) is 37.5 Å². The Balaban J connectivity index is 0.00000141. The number of carbonyl (C=O) groups is 2. The number of hydrogen-bond acceptors (Lipinski definition) is 4. The largest absolute Gasteiger partial charge is 0.416 e. The second-order valence-corrected chi connectivity index (χ2v) is 7.11. The summed E-state index contributed by atoms with van der Waals surface area (Å²) in [4.78, 5) is 25.5. The van der Waals surface area contributed by atoms with Gasteiger partial charge in [-0.05, 0) is 55.8 Å². The smallest absolute Gasteiger partial charge is 0.333 e. The molecule has 2 N–H and O–H groups in total. The standard InChI is InChI=1S/C22H18F3N3O2.CH5N/c23-22(24,25)18-6-8-19(9-7-18)27-10-11-28-20(21(27)30)17(13-26-28)5-4-15-2-1-3-16(12-15)14-29;1-2/h1-3,6-9,12-14H,4-5,10-11H2;2H2,1H3. The van der Waals surface area contributed by atoms with Gasteiger partial charge in [0.05, 0.1) is 18.3 Å². The molecule has 1 amide bonds. The number of anilines is 1. The summed E-state index contributed by atoms with van der Waals surface area (Å²) in [6.45, 7) is 0.794. The molecule has 0 bridgehead atoms. The number of nitrogens with zero attached hydrogens (tertiary/aromatic N) is 3. The second-order valence-electron chi connectivity index (χ2n) is 7.11. The molecule has 0 aliphatic carbocycles. The molecule has 1 aliphatic heterocycles. The first-order valence-corrected chi connectivity index (χ1v) is 10.0. The minimum absolute atomic E-state index is 0.282. The Kier molecular flexibility index (Phi) is 7.09. The summed E-state index contributed by atoms with van der Waals surface area (Å²) in [6.07, 6.45) is -0.778.